The zero-order valence-electron chi connectivity index (χ0n) is 6.80. The van der Waals surface area contributed by atoms with Crippen LogP contribution >= 0.6 is 0 Å². The second-order valence-electron chi connectivity index (χ2n) is 2.87. The molecule has 1 fully saturated rings. The Hall–Kier alpha value is -0.380. The molecule has 1 N–H and O–H groups in total. The molecule has 0 aromatic heterocycles. The lowest BCUT2D eigenvalue weighted by Gasteiger charge is -2.22. The Morgan fingerprint density at radius 1 is 1.82 bits per heavy atom. The van der Waals surface area contributed by atoms with Gasteiger partial charge in [0.25, 0.3) is 0 Å². The Balaban J connectivity index is 2.49. The van der Waals surface area contributed by atoms with Gasteiger partial charge in [-0.2, -0.15) is 0 Å². The number of hydrogen-bond donors (Lipinski definition) is 1. The highest BCUT2D eigenvalue weighted by atomic mass is 16.5. The molecular formula is C8H14O3. The van der Waals surface area contributed by atoms with Crippen molar-refractivity contribution in [3.05, 3.63) is 12.2 Å². The normalized spacial score (nSPS) is 30.7. The van der Waals surface area contributed by atoms with Gasteiger partial charge in [-0.15, -0.1) is 0 Å². The largest absolute Gasteiger partial charge is 0.383 e. The summed E-state index contributed by atoms with van der Waals surface area (Å²) in [6, 6.07) is 0. The highest BCUT2D eigenvalue weighted by Gasteiger charge is 2.34. The topological polar surface area (TPSA) is 38.7 Å². The fourth-order valence-corrected chi connectivity index (χ4v) is 1.14. The van der Waals surface area contributed by atoms with Crippen molar-refractivity contribution in [2.45, 2.75) is 12.0 Å². The van der Waals surface area contributed by atoms with Gasteiger partial charge in [0.05, 0.1) is 13.2 Å². The van der Waals surface area contributed by atoms with Crippen LogP contribution in [0.2, 0.25) is 0 Å². The third-order valence-electron chi connectivity index (χ3n) is 1.98. The number of hydrogen-bond acceptors (Lipinski definition) is 3. The first-order valence-corrected chi connectivity index (χ1v) is 3.66. The Morgan fingerprint density at radius 3 is 3.00 bits per heavy atom. The second-order valence-corrected chi connectivity index (χ2v) is 2.87. The minimum Gasteiger partial charge on any atom is -0.383 e. The SMILES string of the molecule is C=C(COC)C1(O)CCOC1. The van der Waals surface area contributed by atoms with E-state index in [1.54, 1.807) is 7.11 Å². The van der Waals surface area contributed by atoms with Crippen LogP contribution in [0, 0.1) is 0 Å². The molecule has 1 atom stereocenters. The third kappa shape index (κ3) is 1.80. The summed E-state index contributed by atoms with van der Waals surface area (Å²) in [5, 5.41) is 9.79. The molecule has 0 aromatic carbocycles. The van der Waals surface area contributed by atoms with Crippen molar-refractivity contribution in [1.82, 2.24) is 0 Å². The van der Waals surface area contributed by atoms with Gasteiger partial charge in [-0.25, -0.2) is 0 Å². The van der Waals surface area contributed by atoms with Gasteiger partial charge >= 0.3 is 0 Å². The Labute approximate surface area is 66.6 Å². The molecule has 1 unspecified atom stereocenters. The van der Waals surface area contributed by atoms with E-state index in [1.165, 1.54) is 0 Å². The fraction of sp³-hybridized carbons (Fsp3) is 0.750. The van der Waals surface area contributed by atoms with Crippen molar-refractivity contribution in [3.63, 3.8) is 0 Å². The van der Waals surface area contributed by atoms with E-state index in [1.807, 2.05) is 0 Å². The van der Waals surface area contributed by atoms with Gasteiger partial charge in [0.15, 0.2) is 0 Å². The van der Waals surface area contributed by atoms with Crippen LogP contribution in [0.4, 0.5) is 0 Å². The van der Waals surface area contributed by atoms with Crippen LogP contribution in [0.15, 0.2) is 12.2 Å². The standard InChI is InChI=1S/C8H14O3/c1-7(5-10-2)8(9)3-4-11-6-8/h9H,1,3-6H2,2H3. The lowest BCUT2D eigenvalue weighted by atomic mass is 9.95. The molecule has 0 amide bonds. The average molecular weight is 158 g/mol. The zero-order chi connectivity index (χ0) is 8.32. The van der Waals surface area contributed by atoms with E-state index in [4.69, 9.17) is 9.47 Å². The average Bonchev–Trinajstić information content (AvgIpc) is 2.38. The number of methoxy groups -OCH3 is 1. The predicted octanol–water partition coefficient (Wildman–Crippen LogP) is 0.340. The van der Waals surface area contributed by atoms with Crippen molar-refractivity contribution in [2.24, 2.45) is 0 Å². The van der Waals surface area contributed by atoms with E-state index in [9.17, 15) is 5.11 Å². The van der Waals surface area contributed by atoms with E-state index in [-0.39, 0.29) is 0 Å². The van der Waals surface area contributed by atoms with E-state index in [2.05, 4.69) is 6.58 Å². The quantitative estimate of drug-likeness (QED) is 0.602. The van der Waals surface area contributed by atoms with Crippen LogP contribution in [-0.2, 0) is 9.47 Å². The zero-order valence-corrected chi connectivity index (χ0v) is 6.80. The molecule has 3 heteroatoms. The van der Waals surface area contributed by atoms with Crippen molar-refractivity contribution in [2.75, 3.05) is 26.9 Å². The maximum Gasteiger partial charge on any atom is 0.113 e. The van der Waals surface area contributed by atoms with Crippen molar-refractivity contribution >= 4 is 0 Å². The van der Waals surface area contributed by atoms with Crippen LogP contribution in [0.25, 0.3) is 0 Å². The van der Waals surface area contributed by atoms with Gasteiger partial charge in [-0.05, 0) is 5.57 Å². The summed E-state index contributed by atoms with van der Waals surface area (Å²) >= 11 is 0. The Bertz CT molecular complexity index is 147. The van der Waals surface area contributed by atoms with Crippen molar-refractivity contribution in [1.29, 1.82) is 0 Å². The third-order valence-corrected chi connectivity index (χ3v) is 1.98. The summed E-state index contributed by atoms with van der Waals surface area (Å²) in [6.45, 7) is 5.11. The lowest BCUT2D eigenvalue weighted by Crippen LogP contribution is -2.32. The van der Waals surface area contributed by atoms with Crippen LogP contribution in [0.3, 0.4) is 0 Å². The molecule has 1 heterocycles. The molecule has 1 saturated heterocycles. The number of ether oxygens (including phenoxy) is 2. The Morgan fingerprint density at radius 2 is 2.55 bits per heavy atom. The molecule has 0 bridgehead atoms. The summed E-state index contributed by atoms with van der Waals surface area (Å²) in [5.74, 6) is 0. The molecule has 11 heavy (non-hydrogen) atoms. The van der Waals surface area contributed by atoms with Gasteiger partial charge < -0.3 is 14.6 Å². The van der Waals surface area contributed by atoms with E-state index >= 15 is 0 Å². The predicted molar refractivity (Wildman–Crippen MR) is 41.4 cm³/mol. The maximum absolute atomic E-state index is 9.79. The van der Waals surface area contributed by atoms with Crippen LogP contribution in [0.1, 0.15) is 6.42 Å². The fourth-order valence-electron chi connectivity index (χ4n) is 1.14. The molecule has 0 aliphatic carbocycles. The van der Waals surface area contributed by atoms with Crippen LogP contribution in [0.5, 0.6) is 0 Å². The van der Waals surface area contributed by atoms with E-state index < -0.39 is 5.60 Å². The summed E-state index contributed by atoms with van der Waals surface area (Å²) in [4.78, 5) is 0. The molecule has 1 aliphatic heterocycles. The van der Waals surface area contributed by atoms with E-state index in [0.717, 1.165) is 0 Å². The van der Waals surface area contributed by atoms with Gasteiger partial charge in [0.2, 0.25) is 0 Å². The van der Waals surface area contributed by atoms with Gasteiger partial charge in [0.1, 0.15) is 5.60 Å². The first-order chi connectivity index (χ1) is 5.19. The van der Waals surface area contributed by atoms with Crippen molar-refractivity contribution in [3.8, 4) is 0 Å². The van der Waals surface area contributed by atoms with Crippen LogP contribution in [-0.4, -0.2) is 37.6 Å². The first-order valence-electron chi connectivity index (χ1n) is 3.66. The maximum atomic E-state index is 9.79. The highest BCUT2D eigenvalue weighted by Crippen LogP contribution is 2.25. The van der Waals surface area contributed by atoms with Crippen molar-refractivity contribution < 1.29 is 14.6 Å². The molecule has 0 radical (unpaired) electrons. The first kappa shape index (κ1) is 8.71. The van der Waals surface area contributed by atoms with Gasteiger partial charge in [-0.3, -0.25) is 0 Å². The summed E-state index contributed by atoms with van der Waals surface area (Å²) in [6.07, 6.45) is 0.634. The number of rotatable bonds is 3. The lowest BCUT2D eigenvalue weighted by molar-refractivity contribution is 0.0453. The Kier molecular flexibility index (Phi) is 2.65. The summed E-state index contributed by atoms with van der Waals surface area (Å²) in [7, 11) is 1.59. The minimum absolute atomic E-state index is 0.356. The second kappa shape index (κ2) is 3.34. The smallest absolute Gasteiger partial charge is 0.113 e. The number of aliphatic hydroxyl groups is 1. The molecule has 64 valence electrons. The highest BCUT2D eigenvalue weighted by molar-refractivity contribution is 5.14. The summed E-state index contributed by atoms with van der Waals surface area (Å²) < 4.78 is 9.93. The van der Waals surface area contributed by atoms with Gasteiger partial charge in [-0.1, -0.05) is 6.58 Å². The molecule has 3 nitrogen and oxygen atoms in total. The van der Waals surface area contributed by atoms with Crippen LogP contribution < -0.4 is 0 Å². The molecule has 1 rings (SSSR count). The summed E-state index contributed by atoms with van der Waals surface area (Å²) in [5.41, 5.74) is -0.131. The minimum atomic E-state index is -0.837. The molecular weight excluding hydrogens is 144 g/mol. The molecule has 1 aliphatic rings. The molecule has 0 spiro atoms. The van der Waals surface area contributed by atoms with E-state index in [0.29, 0.717) is 31.8 Å². The molecule has 0 saturated carbocycles. The van der Waals surface area contributed by atoms with Gasteiger partial charge in [0, 0.05) is 20.1 Å². The molecule has 0 aromatic rings. The monoisotopic (exact) mass is 158 g/mol.